The number of hydrogen-bond acceptors (Lipinski definition) is 4. The number of ether oxygens (including phenoxy) is 1. The molecule has 0 atom stereocenters. The van der Waals surface area contributed by atoms with Crippen LogP contribution in [0, 0.1) is 0 Å². The van der Waals surface area contributed by atoms with E-state index in [4.69, 9.17) is 13.8 Å². The second kappa shape index (κ2) is 7.73. The maximum atomic E-state index is 13.0. The molecule has 0 amide bonds. The predicted molar refractivity (Wildman–Crippen MR) is 87.7 cm³/mol. The zero-order valence-electron chi connectivity index (χ0n) is 14.0. The highest BCUT2D eigenvalue weighted by molar-refractivity contribution is 9.10. The third kappa shape index (κ3) is 7.56. The molecule has 0 saturated heterocycles. The Kier molecular flexibility index (Phi) is 7.96. The fraction of sp³-hybridized carbons (Fsp3) is 1.00. The van der Waals surface area contributed by atoms with E-state index in [1.165, 1.54) is 0 Å². The van der Waals surface area contributed by atoms with E-state index < -0.39 is 12.9 Å². The molecule has 122 valence electrons. The van der Waals surface area contributed by atoms with Crippen molar-refractivity contribution in [2.45, 2.75) is 83.7 Å². The van der Waals surface area contributed by atoms with Crippen molar-refractivity contribution < 1.29 is 18.3 Å². The van der Waals surface area contributed by atoms with Gasteiger partial charge in [-0.05, 0) is 61.8 Å². The molecule has 6 heteroatoms. The molecule has 0 saturated carbocycles. The van der Waals surface area contributed by atoms with Crippen molar-refractivity contribution in [1.82, 2.24) is 0 Å². The minimum absolute atomic E-state index is 0.00905. The Bertz CT molecular complexity index is 321. The Hall–Kier alpha value is 0.590. The molecule has 0 aliphatic carbocycles. The van der Waals surface area contributed by atoms with Gasteiger partial charge in [0.05, 0.1) is 12.2 Å². The SMILES string of the molecule is CC(C)OP(=O)(OC(C)C)C(C)(C)OCCC(C)(C)Br. The lowest BCUT2D eigenvalue weighted by atomic mass is 10.1. The third-order valence-corrected chi connectivity index (χ3v) is 5.75. The summed E-state index contributed by atoms with van der Waals surface area (Å²) in [6, 6.07) is 0. The topological polar surface area (TPSA) is 44.8 Å². The lowest BCUT2D eigenvalue weighted by Crippen LogP contribution is -2.31. The third-order valence-electron chi connectivity index (χ3n) is 2.51. The molecule has 0 fully saturated rings. The molecule has 0 aromatic heterocycles. The van der Waals surface area contributed by atoms with Gasteiger partial charge in [-0.25, -0.2) is 0 Å². The Morgan fingerprint density at radius 3 is 1.70 bits per heavy atom. The summed E-state index contributed by atoms with van der Waals surface area (Å²) in [5.74, 6) is 0. The van der Waals surface area contributed by atoms with Crippen molar-refractivity contribution in [2.24, 2.45) is 0 Å². The molecule has 0 N–H and O–H groups in total. The largest absolute Gasteiger partial charge is 0.363 e. The smallest absolute Gasteiger partial charge is 0.362 e. The van der Waals surface area contributed by atoms with Crippen molar-refractivity contribution in [3.8, 4) is 0 Å². The second-order valence-corrected chi connectivity index (χ2v) is 11.2. The standard InChI is InChI=1S/C14H30BrO4P/c1-11(2)18-20(16,19-12(3)4)14(7,8)17-10-9-13(5,6)15/h11-12H,9-10H2,1-8H3. The van der Waals surface area contributed by atoms with E-state index in [-0.39, 0.29) is 16.5 Å². The van der Waals surface area contributed by atoms with E-state index in [1.54, 1.807) is 13.8 Å². The van der Waals surface area contributed by atoms with Gasteiger partial charge in [-0.15, -0.1) is 0 Å². The van der Waals surface area contributed by atoms with Crippen LogP contribution in [0.25, 0.3) is 0 Å². The summed E-state index contributed by atoms with van der Waals surface area (Å²) in [6.07, 6.45) is 0.435. The molecule has 0 spiro atoms. The van der Waals surface area contributed by atoms with Gasteiger partial charge in [0.25, 0.3) is 0 Å². The van der Waals surface area contributed by atoms with E-state index >= 15 is 0 Å². The highest BCUT2D eigenvalue weighted by atomic mass is 79.9. The Labute approximate surface area is 132 Å². The van der Waals surface area contributed by atoms with Crippen LogP contribution in [0.3, 0.4) is 0 Å². The lowest BCUT2D eigenvalue weighted by Gasteiger charge is -2.35. The average molecular weight is 373 g/mol. The molecule has 0 aliphatic rings. The van der Waals surface area contributed by atoms with Crippen LogP contribution in [-0.2, 0) is 18.3 Å². The van der Waals surface area contributed by atoms with Gasteiger partial charge in [0.15, 0.2) is 5.34 Å². The van der Waals surface area contributed by atoms with Gasteiger partial charge in [0.1, 0.15) is 0 Å². The summed E-state index contributed by atoms with van der Waals surface area (Å²) in [7, 11) is -3.35. The van der Waals surface area contributed by atoms with Crippen molar-refractivity contribution >= 4 is 23.5 Å². The van der Waals surface area contributed by atoms with Crippen molar-refractivity contribution in [2.75, 3.05) is 6.61 Å². The fourth-order valence-electron chi connectivity index (χ4n) is 1.46. The molecule has 20 heavy (non-hydrogen) atoms. The van der Waals surface area contributed by atoms with Gasteiger partial charge in [0.2, 0.25) is 0 Å². The van der Waals surface area contributed by atoms with E-state index in [0.29, 0.717) is 6.61 Å². The minimum atomic E-state index is -3.35. The molecule has 0 bridgehead atoms. The van der Waals surface area contributed by atoms with E-state index in [0.717, 1.165) is 6.42 Å². The Balaban J connectivity index is 4.90. The molecule has 0 unspecified atom stereocenters. The van der Waals surface area contributed by atoms with Crippen LogP contribution in [0.4, 0.5) is 0 Å². The summed E-state index contributed by atoms with van der Waals surface area (Å²) in [6.45, 7) is 15.5. The van der Waals surface area contributed by atoms with Gasteiger partial charge >= 0.3 is 7.60 Å². The molecule has 0 rings (SSSR count). The molecular weight excluding hydrogens is 343 g/mol. The maximum Gasteiger partial charge on any atom is 0.362 e. The van der Waals surface area contributed by atoms with Gasteiger partial charge in [-0.2, -0.15) is 0 Å². The molecule has 0 aromatic rings. The van der Waals surface area contributed by atoms with Crippen LogP contribution in [0.2, 0.25) is 0 Å². The molecule has 0 radical (unpaired) electrons. The molecule has 0 aliphatic heterocycles. The van der Waals surface area contributed by atoms with Crippen LogP contribution in [0.15, 0.2) is 0 Å². The van der Waals surface area contributed by atoms with Crippen molar-refractivity contribution in [3.05, 3.63) is 0 Å². The van der Waals surface area contributed by atoms with E-state index in [9.17, 15) is 4.57 Å². The normalized spacial score (nSPS) is 14.3. The first kappa shape index (κ1) is 20.6. The molecule has 4 nitrogen and oxygen atoms in total. The quantitative estimate of drug-likeness (QED) is 0.404. The first-order valence-corrected chi connectivity index (χ1v) is 9.42. The first-order chi connectivity index (χ1) is 8.79. The number of rotatable bonds is 9. The monoisotopic (exact) mass is 372 g/mol. The maximum absolute atomic E-state index is 13.0. The van der Waals surface area contributed by atoms with Crippen LogP contribution < -0.4 is 0 Å². The predicted octanol–water partition coefficient (Wildman–Crippen LogP) is 5.35. The van der Waals surface area contributed by atoms with Gasteiger partial charge in [-0.1, -0.05) is 15.9 Å². The van der Waals surface area contributed by atoms with E-state index in [2.05, 4.69) is 29.8 Å². The second-order valence-electron chi connectivity index (χ2n) is 6.57. The summed E-state index contributed by atoms with van der Waals surface area (Å²) >= 11 is 3.57. The number of halogens is 1. The summed E-state index contributed by atoms with van der Waals surface area (Å²) in [4.78, 5) is 0. The van der Waals surface area contributed by atoms with Crippen LogP contribution in [0.5, 0.6) is 0 Å². The lowest BCUT2D eigenvalue weighted by molar-refractivity contribution is -0.000584. The highest BCUT2D eigenvalue weighted by Crippen LogP contribution is 2.61. The summed E-state index contributed by atoms with van der Waals surface area (Å²) < 4.78 is 30.0. The van der Waals surface area contributed by atoms with E-state index in [1.807, 2.05) is 27.7 Å². The zero-order chi connectivity index (χ0) is 16.2. The Morgan fingerprint density at radius 2 is 1.40 bits per heavy atom. The minimum Gasteiger partial charge on any atom is -0.363 e. The first-order valence-electron chi connectivity index (χ1n) is 7.09. The fourth-order valence-corrected chi connectivity index (χ4v) is 3.54. The summed E-state index contributed by atoms with van der Waals surface area (Å²) in [5, 5.41) is -0.972. The van der Waals surface area contributed by atoms with Crippen LogP contribution in [-0.4, -0.2) is 28.5 Å². The average Bonchev–Trinajstić information content (AvgIpc) is 2.11. The van der Waals surface area contributed by atoms with Crippen molar-refractivity contribution in [3.63, 3.8) is 0 Å². The number of hydrogen-bond donors (Lipinski definition) is 0. The molecule has 0 heterocycles. The Morgan fingerprint density at radius 1 is 1.00 bits per heavy atom. The summed E-state index contributed by atoms with van der Waals surface area (Å²) in [5.41, 5.74) is 0. The van der Waals surface area contributed by atoms with Crippen molar-refractivity contribution in [1.29, 1.82) is 0 Å². The zero-order valence-corrected chi connectivity index (χ0v) is 16.5. The van der Waals surface area contributed by atoms with Gasteiger partial charge < -0.3 is 13.8 Å². The number of alkyl halides is 1. The van der Waals surface area contributed by atoms with Crippen LogP contribution >= 0.6 is 23.5 Å². The molecule has 0 aromatic carbocycles. The van der Waals surface area contributed by atoms with Gasteiger partial charge in [-0.3, -0.25) is 4.57 Å². The van der Waals surface area contributed by atoms with Crippen LogP contribution in [0.1, 0.15) is 61.8 Å². The van der Waals surface area contributed by atoms with Gasteiger partial charge in [0, 0.05) is 10.9 Å². The molecular formula is C14H30BrO4P. The highest BCUT2D eigenvalue weighted by Gasteiger charge is 2.46.